The van der Waals surface area contributed by atoms with Gasteiger partial charge in [0, 0.05) is 25.0 Å². The Morgan fingerprint density at radius 2 is 1.94 bits per heavy atom. The molecule has 0 aliphatic rings. The van der Waals surface area contributed by atoms with Crippen LogP contribution >= 0.6 is 0 Å². The minimum atomic E-state index is -3.34. The monoisotopic (exact) mass is 259 g/mol. The molecule has 0 radical (unpaired) electrons. The zero-order valence-corrected chi connectivity index (χ0v) is 11.2. The van der Waals surface area contributed by atoms with E-state index in [0.717, 1.165) is 25.1 Å². The molecule has 0 aliphatic carbocycles. The molecule has 0 fully saturated rings. The highest BCUT2D eigenvalue weighted by Crippen LogP contribution is 2.10. The van der Waals surface area contributed by atoms with Crippen LogP contribution in [0.4, 0.5) is 0 Å². The third-order valence-corrected chi connectivity index (χ3v) is 3.75. The van der Waals surface area contributed by atoms with Crippen molar-refractivity contribution in [2.75, 3.05) is 13.1 Å². The van der Waals surface area contributed by atoms with Crippen molar-refractivity contribution in [2.45, 2.75) is 38.1 Å². The van der Waals surface area contributed by atoms with E-state index in [0.29, 0.717) is 18.0 Å². The number of rotatable bonds is 8. The fourth-order valence-corrected chi connectivity index (χ4v) is 2.55. The van der Waals surface area contributed by atoms with Crippen LogP contribution in [0.1, 0.15) is 32.4 Å². The van der Waals surface area contributed by atoms with Crippen LogP contribution in [0.3, 0.4) is 0 Å². The van der Waals surface area contributed by atoms with Crippen molar-refractivity contribution in [1.82, 2.24) is 15.0 Å². The number of aromatic amines is 1. The molecule has 0 saturated heterocycles. The maximum Gasteiger partial charge on any atom is 0.242 e. The zero-order valence-electron chi connectivity index (χ0n) is 10.4. The van der Waals surface area contributed by atoms with Gasteiger partial charge < -0.3 is 10.3 Å². The summed E-state index contributed by atoms with van der Waals surface area (Å²) in [6.07, 6.45) is 3.37. The number of hydrogen-bond donors (Lipinski definition) is 3. The fourth-order valence-electron chi connectivity index (χ4n) is 1.40. The van der Waals surface area contributed by atoms with Gasteiger partial charge in [-0.05, 0) is 25.5 Å². The van der Waals surface area contributed by atoms with E-state index in [1.165, 1.54) is 6.20 Å². The van der Waals surface area contributed by atoms with E-state index in [1.54, 1.807) is 6.07 Å². The minimum Gasteiger partial charge on any atom is -0.363 e. The molecule has 0 amide bonds. The molecule has 0 atom stereocenters. The molecule has 1 aromatic heterocycles. The Balaban J connectivity index is 2.60. The maximum atomic E-state index is 11.8. The van der Waals surface area contributed by atoms with Gasteiger partial charge in [-0.15, -0.1) is 0 Å². The van der Waals surface area contributed by atoms with Crippen LogP contribution in [0.5, 0.6) is 0 Å². The molecule has 1 aromatic rings. The zero-order chi connectivity index (χ0) is 12.7. The van der Waals surface area contributed by atoms with Crippen LogP contribution in [0, 0.1) is 0 Å². The van der Waals surface area contributed by atoms with Crippen molar-refractivity contribution in [3.05, 3.63) is 18.0 Å². The van der Waals surface area contributed by atoms with Gasteiger partial charge in [0.15, 0.2) is 0 Å². The minimum absolute atomic E-state index is 0.305. The first-order valence-electron chi connectivity index (χ1n) is 5.97. The molecule has 6 heteroatoms. The highest BCUT2D eigenvalue weighted by Gasteiger charge is 2.14. The summed E-state index contributed by atoms with van der Waals surface area (Å²) >= 11 is 0. The average Bonchev–Trinajstić information content (AvgIpc) is 2.76. The average molecular weight is 259 g/mol. The lowest BCUT2D eigenvalue weighted by Crippen LogP contribution is -2.23. The number of nitrogens with one attached hydrogen (secondary N) is 3. The van der Waals surface area contributed by atoms with Gasteiger partial charge in [0.1, 0.15) is 0 Å². The van der Waals surface area contributed by atoms with Gasteiger partial charge in [-0.1, -0.05) is 13.8 Å². The second-order valence-corrected chi connectivity index (χ2v) is 5.70. The van der Waals surface area contributed by atoms with Crippen LogP contribution in [0.2, 0.25) is 0 Å². The Morgan fingerprint density at radius 3 is 2.59 bits per heavy atom. The Kier molecular flexibility index (Phi) is 5.67. The van der Waals surface area contributed by atoms with Gasteiger partial charge in [0.25, 0.3) is 0 Å². The van der Waals surface area contributed by atoms with Gasteiger partial charge >= 0.3 is 0 Å². The summed E-state index contributed by atoms with van der Waals surface area (Å²) in [4.78, 5) is 3.27. The SMILES string of the molecule is CCCNCc1cc(S(=O)(=O)NCCC)c[nH]1. The first-order chi connectivity index (χ1) is 8.10. The highest BCUT2D eigenvalue weighted by atomic mass is 32.2. The smallest absolute Gasteiger partial charge is 0.242 e. The lowest BCUT2D eigenvalue weighted by Gasteiger charge is -2.02. The van der Waals surface area contributed by atoms with Gasteiger partial charge in [-0.2, -0.15) is 0 Å². The molecule has 17 heavy (non-hydrogen) atoms. The summed E-state index contributed by atoms with van der Waals surface area (Å²) < 4.78 is 26.1. The predicted molar refractivity (Wildman–Crippen MR) is 68.3 cm³/mol. The van der Waals surface area contributed by atoms with E-state index in [4.69, 9.17) is 0 Å². The third-order valence-electron chi connectivity index (χ3n) is 2.31. The second-order valence-electron chi connectivity index (χ2n) is 3.94. The molecule has 0 saturated carbocycles. The van der Waals surface area contributed by atoms with Crippen molar-refractivity contribution in [3.8, 4) is 0 Å². The summed E-state index contributed by atoms with van der Waals surface area (Å²) in [5.41, 5.74) is 0.885. The molecule has 1 rings (SSSR count). The summed E-state index contributed by atoms with van der Waals surface area (Å²) in [6.45, 7) is 6.08. The van der Waals surface area contributed by atoms with Crippen molar-refractivity contribution in [1.29, 1.82) is 0 Å². The predicted octanol–water partition coefficient (Wildman–Crippen LogP) is 1.20. The molecular formula is C11H21N3O2S. The Labute approximate surface area is 103 Å². The van der Waals surface area contributed by atoms with E-state index < -0.39 is 10.0 Å². The van der Waals surface area contributed by atoms with Gasteiger partial charge in [-0.3, -0.25) is 0 Å². The quantitative estimate of drug-likeness (QED) is 0.614. The van der Waals surface area contributed by atoms with Crippen molar-refractivity contribution in [2.24, 2.45) is 0 Å². The molecule has 98 valence electrons. The number of hydrogen-bond acceptors (Lipinski definition) is 3. The first-order valence-corrected chi connectivity index (χ1v) is 7.46. The van der Waals surface area contributed by atoms with E-state index >= 15 is 0 Å². The van der Waals surface area contributed by atoms with Crippen molar-refractivity contribution >= 4 is 10.0 Å². The number of H-pyrrole nitrogens is 1. The Morgan fingerprint density at radius 1 is 1.24 bits per heavy atom. The molecule has 0 bridgehead atoms. The van der Waals surface area contributed by atoms with Crippen LogP contribution in [0.25, 0.3) is 0 Å². The van der Waals surface area contributed by atoms with Gasteiger partial charge in [0.2, 0.25) is 10.0 Å². The number of aromatic nitrogens is 1. The van der Waals surface area contributed by atoms with Crippen LogP contribution in [-0.2, 0) is 16.6 Å². The summed E-state index contributed by atoms with van der Waals surface area (Å²) in [5, 5.41) is 3.21. The van der Waals surface area contributed by atoms with Gasteiger partial charge in [0.05, 0.1) is 4.90 Å². The summed E-state index contributed by atoms with van der Waals surface area (Å²) in [7, 11) is -3.34. The Bertz CT molecular complexity index is 426. The van der Waals surface area contributed by atoms with Crippen molar-refractivity contribution < 1.29 is 8.42 Å². The second kappa shape index (κ2) is 6.78. The van der Waals surface area contributed by atoms with Crippen LogP contribution in [-0.4, -0.2) is 26.5 Å². The molecule has 0 aliphatic heterocycles. The van der Waals surface area contributed by atoms with Crippen molar-refractivity contribution in [3.63, 3.8) is 0 Å². The summed E-state index contributed by atoms with van der Waals surface area (Å²) in [6, 6.07) is 1.67. The van der Waals surface area contributed by atoms with Crippen LogP contribution < -0.4 is 10.0 Å². The largest absolute Gasteiger partial charge is 0.363 e. The Hall–Kier alpha value is -0.850. The fraction of sp³-hybridized carbons (Fsp3) is 0.636. The van der Waals surface area contributed by atoms with E-state index in [2.05, 4.69) is 21.9 Å². The summed E-state index contributed by atoms with van der Waals surface area (Å²) in [5.74, 6) is 0. The standard InChI is InChI=1S/C11H21N3O2S/c1-3-5-12-8-10-7-11(9-13-10)17(15,16)14-6-4-2/h7,9,12-14H,3-6,8H2,1-2H3. The molecular weight excluding hydrogens is 238 g/mol. The molecule has 0 aromatic carbocycles. The maximum absolute atomic E-state index is 11.8. The lowest BCUT2D eigenvalue weighted by molar-refractivity contribution is 0.581. The van der Waals surface area contributed by atoms with E-state index in [9.17, 15) is 8.42 Å². The topological polar surface area (TPSA) is 74.0 Å². The molecule has 5 nitrogen and oxygen atoms in total. The molecule has 0 unspecified atom stereocenters. The van der Waals surface area contributed by atoms with E-state index in [-0.39, 0.29) is 0 Å². The van der Waals surface area contributed by atoms with E-state index in [1.807, 2.05) is 6.92 Å². The highest BCUT2D eigenvalue weighted by molar-refractivity contribution is 7.89. The molecule has 3 N–H and O–H groups in total. The lowest BCUT2D eigenvalue weighted by atomic mass is 10.4. The molecule has 1 heterocycles. The number of sulfonamides is 1. The molecule has 0 spiro atoms. The first kappa shape index (κ1) is 14.2. The normalized spacial score (nSPS) is 11.9. The van der Waals surface area contributed by atoms with Gasteiger partial charge in [-0.25, -0.2) is 13.1 Å². The van der Waals surface area contributed by atoms with Crippen LogP contribution in [0.15, 0.2) is 17.2 Å². The third kappa shape index (κ3) is 4.49.